The molecule has 1 aromatic carbocycles. The van der Waals surface area contributed by atoms with E-state index >= 15 is 0 Å². The lowest BCUT2D eigenvalue weighted by atomic mass is 10.2. The number of aromatic nitrogens is 2. The molecule has 1 aliphatic rings. The van der Waals surface area contributed by atoms with E-state index in [1.54, 1.807) is 30.7 Å². The number of halogens is 1. The molecule has 0 spiro atoms. The average Bonchev–Trinajstić information content (AvgIpc) is 2.64. The normalized spacial score (nSPS) is 15.9. The summed E-state index contributed by atoms with van der Waals surface area (Å²) in [6.45, 7) is 2.93. The van der Waals surface area contributed by atoms with Crippen LogP contribution in [0.1, 0.15) is 11.3 Å². The molecule has 2 heterocycles. The minimum atomic E-state index is 0.211. The van der Waals surface area contributed by atoms with Crippen LogP contribution in [0.25, 0.3) is 0 Å². The van der Waals surface area contributed by atoms with Gasteiger partial charge in [-0.3, -0.25) is 4.98 Å². The average molecular weight is 345 g/mol. The van der Waals surface area contributed by atoms with Crippen LogP contribution in [0.5, 0.6) is 0 Å². The summed E-state index contributed by atoms with van der Waals surface area (Å²) in [6.07, 6.45) is 4.88. The number of anilines is 1. The SMILES string of the molecule is N/C(=N\N=C\c1ccc(Cl)cc1)c1cncc(N2CCOCC2)n1. The number of benzene rings is 1. The van der Waals surface area contributed by atoms with E-state index < -0.39 is 0 Å². The molecule has 1 aliphatic heterocycles. The Labute approximate surface area is 144 Å². The van der Waals surface area contributed by atoms with E-state index in [2.05, 4.69) is 25.1 Å². The summed E-state index contributed by atoms with van der Waals surface area (Å²) in [5.41, 5.74) is 7.32. The van der Waals surface area contributed by atoms with E-state index in [1.165, 1.54) is 0 Å². The van der Waals surface area contributed by atoms with Gasteiger partial charge in [0.05, 0.1) is 31.8 Å². The Kier molecular flexibility index (Phi) is 5.35. The van der Waals surface area contributed by atoms with Crippen LogP contribution in [0, 0.1) is 0 Å². The first-order valence-corrected chi connectivity index (χ1v) is 7.87. The molecule has 3 rings (SSSR count). The summed E-state index contributed by atoms with van der Waals surface area (Å²) in [5.74, 6) is 0.971. The van der Waals surface area contributed by atoms with Crippen LogP contribution in [0.4, 0.5) is 5.82 Å². The van der Waals surface area contributed by atoms with Crippen molar-refractivity contribution in [2.24, 2.45) is 15.9 Å². The summed E-state index contributed by atoms with van der Waals surface area (Å²) in [5, 5.41) is 8.64. The van der Waals surface area contributed by atoms with Crippen molar-refractivity contribution in [3.63, 3.8) is 0 Å². The predicted molar refractivity (Wildman–Crippen MR) is 94.8 cm³/mol. The Morgan fingerprint density at radius 3 is 2.71 bits per heavy atom. The van der Waals surface area contributed by atoms with Gasteiger partial charge in [0.15, 0.2) is 5.84 Å². The van der Waals surface area contributed by atoms with Crippen molar-refractivity contribution >= 4 is 29.5 Å². The molecule has 7 nitrogen and oxygen atoms in total. The minimum Gasteiger partial charge on any atom is -0.380 e. The molecule has 0 saturated carbocycles. The number of nitrogens with zero attached hydrogens (tertiary/aromatic N) is 5. The molecule has 1 fully saturated rings. The molecular weight excluding hydrogens is 328 g/mol. The maximum absolute atomic E-state index is 5.95. The molecule has 1 saturated heterocycles. The van der Waals surface area contributed by atoms with Gasteiger partial charge in [0.1, 0.15) is 11.5 Å². The molecule has 0 bridgehead atoms. The lowest BCUT2D eigenvalue weighted by Gasteiger charge is -2.27. The topological polar surface area (TPSA) is 89.0 Å². The number of hydrogen-bond donors (Lipinski definition) is 1. The van der Waals surface area contributed by atoms with Gasteiger partial charge in [0.25, 0.3) is 0 Å². The van der Waals surface area contributed by atoms with Gasteiger partial charge in [-0.15, -0.1) is 5.10 Å². The molecule has 0 atom stereocenters. The first-order chi connectivity index (χ1) is 11.7. The molecule has 0 aliphatic carbocycles. The first kappa shape index (κ1) is 16.4. The van der Waals surface area contributed by atoms with Crippen molar-refractivity contribution < 1.29 is 4.74 Å². The summed E-state index contributed by atoms with van der Waals surface area (Å²) < 4.78 is 5.34. The van der Waals surface area contributed by atoms with Crippen LogP contribution < -0.4 is 10.6 Å². The first-order valence-electron chi connectivity index (χ1n) is 7.49. The van der Waals surface area contributed by atoms with Gasteiger partial charge in [-0.05, 0) is 17.7 Å². The number of morpholine rings is 1. The van der Waals surface area contributed by atoms with Crippen LogP contribution in [0.3, 0.4) is 0 Å². The fourth-order valence-electron chi connectivity index (χ4n) is 2.18. The minimum absolute atomic E-state index is 0.211. The second-order valence-electron chi connectivity index (χ2n) is 5.14. The predicted octanol–water partition coefficient (Wildman–Crippen LogP) is 1.71. The van der Waals surface area contributed by atoms with Crippen molar-refractivity contribution in [2.75, 3.05) is 31.2 Å². The van der Waals surface area contributed by atoms with Gasteiger partial charge >= 0.3 is 0 Å². The largest absolute Gasteiger partial charge is 0.380 e. The summed E-state index contributed by atoms with van der Waals surface area (Å²) in [4.78, 5) is 10.8. The van der Waals surface area contributed by atoms with Gasteiger partial charge in [-0.1, -0.05) is 23.7 Å². The Morgan fingerprint density at radius 2 is 1.96 bits per heavy atom. The van der Waals surface area contributed by atoms with Crippen molar-refractivity contribution in [3.05, 3.63) is 52.9 Å². The van der Waals surface area contributed by atoms with Crippen molar-refractivity contribution in [1.29, 1.82) is 0 Å². The third-order valence-corrected chi connectivity index (χ3v) is 3.71. The molecule has 1 aromatic heterocycles. The molecule has 0 amide bonds. The zero-order valence-electron chi connectivity index (χ0n) is 13.0. The zero-order valence-corrected chi connectivity index (χ0v) is 13.7. The van der Waals surface area contributed by atoms with E-state index in [-0.39, 0.29) is 5.84 Å². The molecular formula is C16H17ClN6O. The lowest BCUT2D eigenvalue weighted by Crippen LogP contribution is -2.37. The number of rotatable bonds is 4. The van der Waals surface area contributed by atoms with Gasteiger partial charge in [-0.25, -0.2) is 4.98 Å². The Morgan fingerprint density at radius 1 is 1.21 bits per heavy atom. The Hall–Kier alpha value is -2.51. The molecule has 0 radical (unpaired) electrons. The molecule has 24 heavy (non-hydrogen) atoms. The van der Waals surface area contributed by atoms with E-state index in [4.69, 9.17) is 22.1 Å². The quantitative estimate of drug-likeness (QED) is 0.518. The van der Waals surface area contributed by atoms with E-state index in [0.29, 0.717) is 23.9 Å². The fraction of sp³-hybridized carbons (Fsp3) is 0.250. The van der Waals surface area contributed by atoms with Crippen molar-refractivity contribution in [2.45, 2.75) is 0 Å². The van der Waals surface area contributed by atoms with E-state index in [0.717, 1.165) is 24.5 Å². The van der Waals surface area contributed by atoms with Crippen LogP contribution in [-0.2, 0) is 4.74 Å². The number of amidine groups is 1. The Bertz CT molecular complexity index is 740. The van der Waals surface area contributed by atoms with Gasteiger partial charge < -0.3 is 15.4 Å². The smallest absolute Gasteiger partial charge is 0.173 e. The van der Waals surface area contributed by atoms with E-state index in [1.807, 2.05) is 12.1 Å². The summed E-state index contributed by atoms with van der Waals surface area (Å²) in [6, 6.07) is 7.26. The molecule has 8 heteroatoms. The maximum Gasteiger partial charge on any atom is 0.173 e. The fourth-order valence-corrected chi connectivity index (χ4v) is 2.31. The highest BCUT2D eigenvalue weighted by atomic mass is 35.5. The second-order valence-corrected chi connectivity index (χ2v) is 5.58. The highest BCUT2D eigenvalue weighted by Gasteiger charge is 2.13. The monoisotopic (exact) mass is 344 g/mol. The maximum atomic E-state index is 5.95. The second kappa shape index (κ2) is 7.85. The highest BCUT2D eigenvalue weighted by Crippen LogP contribution is 2.12. The standard InChI is InChI=1S/C16H17ClN6O/c17-13-3-1-12(2-4-13)9-20-22-16(18)14-10-19-11-15(21-14)23-5-7-24-8-6-23/h1-4,9-11H,5-8H2,(H2,18,22)/b20-9+. The molecule has 0 unspecified atom stereocenters. The Balaban J connectivity index is 1.71. The number of hydrogen-bond acceptors (Lipinski definition) is 6. The van der Waals surface area contributed by atoms with Gasteiger partial charge in [0.2, 0.25) is 0 Å². The third kappa shape index (κ3) is 4.27. The summed E-state index contributed by atoms with van der Waals surface area (Å²) in [7, 11) is 0. The van der Waals surface area contributed by atoms with Crippen LogP contribution in [0.2, 0.25) is 5.02 Å². The van der Waals surface area contributed by atoms with Crippen LogP contribution >= 0.6 is 11.6 Å². The van der Waals surface area contributed by atoms with Gasteiger partial charge in [-0.2, -0.15) is 5.10 Å². The molecule has 2 aromatic rings. The van der Waals surface area contributed by atoms with Crippen molar-refractivity contribution in [1.82, 2.24) is 9.97 Å². The lowest BCUT2D eigenvalue weighted by molar-refractivity contribution is 0.122. The van der Waals surface area contributed by atoms with E-state index in [9.17, 15) is 0 Å². The molecule has 124 valence electrons. The summed E-state index contributed by atoms with van der Waals surface area (Å²) >= 11 is 5.84. The zero-order chi connectivity index (χ0) is 16.8. The number of nitrogens with two attached hydrogens (primary N) is 1. The molecule has 2 N–H and O–H groups in total. The third-order valence-electron chi connectivity index (χ3n) is 3.46. The van der Waals surface area contributed by atoms with Crippen molar-refractivity contribution in [3.8, 4) is 0 Å². The van der Waals surface area contributed by atoms with Crippen LogP contribution in [0.15, 0.2) is 46.9 Å². The van der Waals surface area contributed by atoms with Gasteiger partial charge in [0, 0.05) is 18.1 Å². The van der Waals surface area contributed by atoms with Crippen LogP contribution in [-0.4, -0.2) is 48.3 Å². The number of ether oxygens (including phenoxy) is 1. The highest BCUT2D eigenvalue weighted by molar-refractivity contribution is 6.30.